The summed E-state index contributed by atoms with van der Waals surface area (Å²) in [6, 6.07) is 0. The Bertz CT molecular complexity index is 84.7. The highest BCUT2D eigenvalue weighted by Gasteiger charge is 1.90. The Balaban J connectivity index is 2.97. The molecule has 0 N–H and O–H groups in total. The van der Waals surface area contributed by atoms with Crippen LogP contribution >= 0.6 is 0 Å². The quantitative estimate of drug-likeness (QED) is 0.423. The van der Waals surface area contributed by atoms with Gasteiger partial charge < -0.3 is 4.74 Å². The predicted octanol–water partition coefficient (Wildman–Crippen LogP) is 2.97. The molecule has 0 bridgehead atoms. The summed E-state index contributed by atoms with van der Waals surface area (Å²) in [4.78, 5) is 0. The molecule has 60 valence electrons. The minimum atomic E-state index is 0.745. The van der Waals surface area contributed by atoms with Crippen molar-refractivity contribution in [1.29, 1.82) is 0 Å². The van der Waals surface area contributed by atoms with Crippen molar-refractivity contribution in [1.82, 2.24) is 0 Å². The number of rotatable bonds is 5. The largest absolute Gasteiger partial charge is 0.502 e. The Kier molecular flexibility index (Phi) is 6.35. The molecular formula is C9H18O. The van der Waals surface area contributed by atoms with Crippen molar-refractivity contribution in [3.05, 3.63) is 12.3 Å². The van der Waals surface area contributed by atoms with Crippen LogP contribution in [0.2, 0.25) is 0 Å². The van der Waals surface area contributed by atoms with Gasteiger partial charge >= 0.3 is 0 Å². The smallest absolute Gasteiger partial charge is 0.0875 e. The van der Waals surface area contributed by atoms with Crippen molar-refractivity contribution in [2.24, 2.45) is 5.92 Å². The van der Waals surface area contributed by atoms with Crippen molar-refractivity contribution in [2.45, 2.75) is 33.6 Å². The molecule has 0 atom stereocenters. The highest BCUT2D eigenvalue weighted by Crippen LogP contribution is 1.98. The van der Waals surface area contributed by atoms with Crippen LogP contribution in [-0.2, 0) is 4.74 Å². The second kappa shape index (κ2) is 6.66. The Morgan fingerprint density at radius 1 is 1.40 bits per heavy atom. The maximum Gasteiger partial charge on any atom is 0.0875 e. The van der Waals surface area contributed by atoms with Gasteiger partial charge in [0.25, 0.3) is 0 Å². The molecule has 10 heavy (non-hydrogen) atoms. The second-order valence-corrected chi connectivity index (χ2v) is 2.83. The third-order valence-electron chi connectivity index (χ3n) is 1.24. The Labute approximate surface area is 64.1 Å². The van der Waals surface area contributed by atoms with Gasteiger partial charge in [0.15, 0.2) is 0 Å². The molecule has 0 aromatic heterocycles. The molecule has 1 heteroatoms. The molecule has 1 nitrogen and oxygen atoms in total. The van der Waals surface area contributed by atoms with Gasteiger partial charge in [0.05, 0.1) is 12.9 Å². The van der Waals surface area contributed by atoms with Crippen molar-refractivity contribution in [3.63, 3.8) is 0 Å². The first kappa shape index (κ1) is 9.54. The minimum Gasteiger partial charge on any atom is -0.502 e. The molecule has 0 spiro atoms. The van der Waals surface area contributed by atoms with Crippen molar-refractivity contribution < 1.29 is 4.74 Å². The SMILES string of the molecule is CCC=COCCC(C)C. The van der Waals surface area contributed by atoms with Crippen LogP contribution in [0.25, 0.3) is 0 Å². The predicted molar refractivity (Wildman–Crippen MR) is 44.8 cm³/mol. The standard InChI is InChI=1S/C9H18O/c1-4-5-7-10-8-6-9(2)3/h5,7,9H,4,6,8H2,1-3H3. The number of allylic oxidation sites excluding steroid dienone is 1. The van der Waals surface area contributed by atoms with Gasteiger partial charge in [0.2, 0.25) is 0 Å². The van der Waals surface area contributed by atoms with Crippen molar-refractivity contribution in [2.75, 3.05) is 6.61 Å². The van der Waals surface area contributed by atoms with Gasteiger partial charge in [-0.05, 0) is 18.8 Å². The topological polar surface area (TPSA) is 9.23 Å². The van der Waals surface area contributed by atoms with Gasteiger partial charge in [-0.3, -0.25) is 0 Å². The van der Waals surface area contributed by atoms with E-state index in [-0.39, 0.29) is 0 Å². The van der Waals surface area contributed by atoms with E-state index < -0.39 is 0 Å². The lowest BCUT2D eigenvalue weighted by molar-refractivity contribution is 0.228. The van der Waals surface area contributed by atoms with E-state index in [0.717, 1.165) is 25.4 Å². The average Bonchev–Trinajstić information content (AvgIpc) is 1.87. The third-order valence-corrected chi connectivity index (χ3v) is 1.24. The average molecular weight is 142 g/mol. The first-order valence-corrected chi connectivity index (χ1v) is 4.04. The first-order chi connectivity index (χ1) is 4.77. The van der Waals surface area contributed by atoms with E-state index in [2.05, 4.69) is 20.8 Å². The van der Waals surface area contributed by atoms with Gasteiger partial charge in [-0.15, -0.1) is 0 Å². The lowest BCUT2D eigenvalue weighted by Crippen LogP contribution is -1.93. The first-order valence-electron chi connectivity index (χ1n) is 4.04. The second-order valence-electron chi connectivity index (χ2n) is 2.83. The van der Waals surface area contributed by atoms with E-state index in [1.807, 2.05) is 6.08 Å². The van der Waals surface area contributed by atoms with Crippen LogP contribution in [0.4, 0.5) is 0 Å². The van der Waals surface area contributed by atoms with Crippen LogP contribution in [0, 0.1) is 5.92 Å². The summed E-state index contributed by atoms with van der Waals surface area (Å²) in [6.07, 6.45) is 6.03. The molecule has 0 aromatic rings. The van der Waals surface area contributed by atoms with E-state index in [4.69, 9.17) is 4.74 Å². The molecule has 0 heterocycles. The molecule has 0 rings (SSSR count). The number of hydrogen-bond acceptors (Lipinski definition) is 1. The summed E-state index contributed by atoms with van der Waals surface area (Å²) < 4.78 is 5.20. The maximum absolute atomic E-state index is 5.20. The molecule has 0 aliphatic rings. The van der Waals surface area contributed by atoms with Crippen LogP contribution < -0.4 is 0 Å². The zero-order valence-electron chi connectivity index (χ0n) is 7.26. The van der Waals surface area contributed by atoms with E-state index in [9.17, 15) is 0 Å². The summed E-state index contributed by atoms with van der Waals surface area (Å²) in [5.74, 6) is 0.745. The van der Waals surface area contributed by atoms with Crippen LogP contribution in [-0.4, -0.2) is 6.61 Å². The van der Waals surface area contributed by atoms with E-state index in [1.54, 1.807) is 6.26 Å². The fraction of sp³-hybridized carbons (Fsp3) is 0.778. The van der Waals surface area contributed by atoms with Gasteiger partial charge in [-0.25, -0.2) is 0 Å². The summed E-state index contributed by atoms with van der Waals surface area (Å²) in [5.41, 5.74) is 0. The molecule has 0 unspecified atom stereocenters. The highest BCUT2D eigenvalue weighted by molar-refractivity contribution is 4.70. The molecule has 0 amide bonds. The molecule has 0 saturated carbocycles. The molecular weight excluding hydrogens is 124 g/mol. The molecule has 0 aromatic carbocycles. The van der Waals surface area contributed by atoms with Crippen LogP contribution in [0.3, 0.4) is 0 Å². The van der Waals surface area contributed by atoms with Gasteiger partial charge in [0.1, 0.15) is 0 Å². The fourth-order valence-electron chi connectivity index (χ4n) is 0.536. The number of ether oxygens (including phenoxy) is 1. The molecule has 0 radical (unpaired) electrons. The molecule has 0 aliphatic carbocycles. The third kappa shape index (κ3) is 7.54. The fourth-order valence-corrected chi connectivity index (χ4v) is 0.536. The maximum atomic E-state index is 5.20. The van der Waals surface area contributed by atoms with Gasteiger partial charge in [-0.2, -0.15) is 0 Å². The van der Waals surface area contributed by atoms with Crippen LogP contribution in [0.15, 0.2) is 12.3 Å². The van der Waals surface area contributed by atoms with E-state index in [0.29, 0.717) is 0 Å². The summed E-state index contributed by atoms with van der Waals surface area (Å²) in [5, 5.41) is 0. The van der Waals surface area contributed by atoms with Crippen molar-refractivity contribution in [3.8, 4) is 0 Å². The van der Waals surface area contributed by atoms with Gasteiger partial charge in [0, 0.05) is 0 Å². The summed E-state index contributed by atoms with van der Waals surface area (Å²) in [6.45, 7) is 7.36. The lowest BCUT2D eigenvalue weighted by Gasteiger charge is -2.02. The lowest BCUT2D eigenvalue weighted by atomic mass is 10.1. The van der Waals surface area contributed by atoms with Crippen LogP contribution in [0.5, 0.6) is 0 Å². The zero-order valence-corrected chi connectivity index (χ0v) is 7.26. The normalized spacial score (nSPS) is 11.2. The minimum absolute atomic E-state index is 0.745. The molecule has 0 fully saturated rings. The Morgan fingerprint density at radius 3 is 2.60 bits per heavy atom. The van der Waals surface area contributed by atoms with Crippen LogP contribution in [0.1, 0.15) is 33.6 Å². The van der Waals surface area contributed by atoms with E-state index in [1.165, 1.54) is 0 Å². The number of hydrogen-bond donors (Lipinski definition) is 0. The zero-order chi connectivity index (χ0) is 7.82. The van der Waals surface area contributed by atoms with Crippen molar-refractivity contribution >= 4 is 0 Å². The summed E-state index contributed by atoms with van der Waals surface area (Å²) in [7, 11) is 0. The molecule has 0 saturated heterocycles. The Hall–Kier alpha value is -0.460. The summed E-state index contributed by atoms with van der Waals surface area (Å²) >= 11 is 0. The highest BCUT2D eigenvalue weighted by atomic mass is 16.5. The van der Waals surface area contributed by atoms with Gasteiger partial charge in [-0.1, -0.05) is 26.8 Å². The molecule has 0 aliphatic heterocycles. The Morgan fingerprint density at radius 2 is 2.10 bits per heavy atom. The van der Waals surface area contributed by atoms with E-state index >= 15 is 0 Å². The monoisotopic (exact) mass is 142 g/mol.